The maximum Gasteiger partial charge on any atom is 0.407 e. The second-order valence-corrected chi connectivity index (χ2v) is 6.50. The quantitative estimate of drug-likeness (QED) is 0.821. The molecular formula is C20H25N3O2. The first-order chi connectivity index (χ1) is 12.2. The van der Waals surface area contributed by atoms with Crippen LogP contribution >= 0.6 is 0 Å². The van der Waals surface area contributed by atoms with Crippen molar-refractivity contribution in [3.05, 3.63) is 65.7 Å². The molecule has 0 aromatic heterocycles. The predicted octanol–water partition coefficient (Wildman–Crippen LogP) is 3.16. The Bertz CT molecular complexity index is 665. The number of nitrogens with two attached hydrogens (primary N) is 1. The normalized spacial score (nSPS) is 15.7. The molecule has 3 N–H and O–H groups in total. The van der Waals surface area contributed by atoms with Gasteiger partial charge in [-0.1, -0.05) is 42.5 Å². The number of ether oxygens (including phenoxy) is 1. The maximum atomic E-state index is 11.9. The molecular weight excluding hydrogens is 314 g/mol. The zero-order valence-corrected chi connectivity index (χ0v) is 14.4. The summed E-state index contributed by atoms with van der Waals surface area (Å²) >= 11 is 0. The number of amides is 1. The molecule has 132 valence electrons. The van der Waals surface area contributed by atoms with E-state index in [1.54, 1.807) is 0 Å². The number of hydrogen-bond acceptors (Lipinski definition) is 4. The van der Waals surface area contributed by atoms with E-state index in [-0.39, 0.29) is 12.1 Å². The highest BCUT2D eigenvalue weighted by molar-refractivity contribution is 5.67. The largest absolute Gasteiger partial charge is 0.445 e. The fourth-order valence-corrected chi connectivity index (χ4v) is 3.05. The minimum Gasteiger partial charge on any atom is -0.445 e. The predicted molar refractivity (Wildman–Crippen MR) is 98.9 cm³/mol. The van der Waals surface area contributed by atoms with Crippen molar-refractivity contribution in [1.29, 1.82) is 0 Å². The van der Waals surface area contributed by atoms with Gasteiger partial charge >= 0.3 is 6.09 Å². The number of carbonyl (C=O) groups is 1. The minimum atomic E-state index is -0.333. The maximum absolute atomic E-state index is 11.9. The summed E-state index contributed by atoms with van der Waals surface area (Å²) in [4.78, 5) is 14.3. The number of alkyl carbamates (subject to hydrolysis) is 1. The van der Waals surface area contributed by atoms with E-state index in [1.165, 1.54) is 5.56 Å². The molecule has 0 radical (unpaired) electrons. The first-order valence-corrected chi connectivity index (χ1v) is 8.73. The second-order valence-electron chi connectivity index (χ2n) is 6.50. The Balaban J connectivity index is 1.37. The summed E-state index contributed by atoms with van der Waals surface area (Å²) in [6, 6.07) is 17.9. The van der Waals surface area contributed by atoms with E-state index in [2.05, 4.69) is 22.3 Å². The van der Waals surface area contributed by atoms with Crippen molar-refractivity contribution >= 4 is 11.8 Å². The lowest BCUT2D eigenvalue weighted by molar-refractivity contribution is 0.125. The van der Waals surface area contributed by atoms with Gasteiger partial charge in [0.25, 0.3) is 0 Å². The van der Waals surface area contributed by atoms with Crippen LogP contribution in [0.1, 0.15) is 24.0 Å². The number of nitrogens with zero attached hydrogens (tertiary/aromatic N) is 1. The van der Waals surface area contributed by atoms with E-state index in [0.717, 1.165) is 43.7 Å². The topological polar surface area (TPSA) is 67.6 Å². The average molecular weight is 339 g/mol. The molecule has 1 heterocycles. The third kappa shape index (κ3) is 5.50. The Hall–Kier alpha value is -2.53. The fourth-order valence-electron chi connectivity index (χ4n) is 3.05. The van der Waals surface area contributed by atoms with Gasteiger partial charge in [-0.25, -0.2) is 4.79 Å². The Morgan fingerprint density at radius 1 is 1.04 bits per heavy atom. The zero-order valence-electron chi connectivity index (χ0n) is 14.4. The Morgan fingerprint density at radius 2 is 1.72 bits per heavy atom. The first kappa shape index (κ1) is 17.3. The highest BCUT2D eigenvalue weighted by Crippen LogP contribution is 2.15. The molecule has 0 saturated carbocycles. The van der Waals surface area contributed by atoms with Crippen molar-refractivity contribution in [3.63, 3.8) is 0 Å². The number of carbonyl (C=O) groups excluding carboxylic acids is 1. The van der Waals surface area contributed by atoms with Crippen LogP contribution in [0.2, 0.25) is 0 Å². The van der Waals surface area contributed by atoms with Crippen molar-refractivity contribution in [2.45, 2.75) is 32.0 Å². The third-order valence-corrected chi connectivity index (χ3v) is 4.51. The summed E-state index contributed by atoms with van der Waals surface area (Å²) in [6.45, 7) is 3.16. The summed E-state index contributed by atoms with van der Waals surface area (Å²) in [5.74, 6) is 0. The van der Waals surface area contributed by atoms with E-state index in [9.17, 15) is 4.79 Å². The van der Waals surface area contributed by atoms with Gasteiger partial charge in [0.15, 0.2) is 0 Å². The van der Waals surface area contributed by atoms with Crippen molar-refractivity contribution in [2.24, 2.45) is 0 Å². The molecule has 0 bridgehead atoms. The zero-order chi connectivity index (χ0) is 17.5. The van der Waals surface area contributed by atoms with Crippen LogP contribution < -0.4 is 11.1 Å². The number of hydrogen-bond donors (Lipinski definition) is 2. The first-order valence-electron chi connectivity index (χ1n) is 8.73. The highest BCUT2D eigenvalue weighted by atomic mass is 16.5. The van der Waals surface area contributed by atoms with Crippen LogP contribution in [0, 0.1) is 0 Å². The summed E-state index contributed by atoms with van der Waals surface area (Å²) in [7, 11) is 0. The Labute approximate surface area is 148 Å². The van der Waals surface area contributed by atoms with E-state index in [4.69, 9.17) is 10.5 Å². The van der Waals surface area contributed by atoms with Crippen LogP contribution in [0.3, 0.4) is 0 Å². The average Bonchev–Trinajstić information content (AvgIpc) is 2.64. The molecule has 0 spiro atoms. The minimum absolute atomic E-state index is 0.186. The van der Waals surface area contributed by atoms with Crippen LogP contribution in [-0.4, -0.2) is 30.1 Å². The van der Waals surface area contributed by atoms with E-state index in [1.807, 2.05) is 42.5 Å². The highest BCUT2D eigenvalue weighted by Gasteiger charge is 2.21. The van der Waals surface area contributed by atoms with Crippen LogP contribution in [-0.2, 0) is 17.9 Å². The lowest BCUT2D eigenvalue weighted by Gasteiger charge is -2.32. The van der Waals surface area contributed by atoms with Crippen LogP contribution in [0.4, 0.5) is 10.5 Å². The molecule has 5 nitrogen and oxygen atoms in total. The Kier molecular flexibility index (Phi) is 5.90. The molecule has 1 amide bonds. The van der Waals surface area contributed by atoms with Gasteiger partial charge in [-0.05, 0) is 36.1 Å². The monoisotopic (exact) mass is 339 g/mol. The molecule has 2 aromatic rings. The number of piperidine rings is 1. The summed E-state index contributed by atoms with van der Waals surface area (Å²) in [5.41, 5.74) is 8.78. The van der Waals surface area contributed by atoms with Crippen LogP contribution in [0.5, 0.6) is 0 Å². The van der Waals surface area contributed by atoms with Gasteiger partial charge in [-0.3, -0.25) is 4.90 Å². The van der Waals surface area contributed by atoms with Crippen molar-refractivity contribution in [3.8, 4) is 0 Å². The lowest BCUT2D eigenvalue weighted by atomic mass is 10.0. The summed E-state index contributed by atoms with van der Waals surface area (Å²) < 4.78 is 5.29. The Morgan fingerprint density at radius 3 is 2.40 bits per heavy atom. The third-order valence-electron chi connectivity index (χ3n) is 4.51. The van der Waals surface area contributed by atoms with E-state index < -0.39 is 0 Å². The smallest absolute Gasteiger partial charge is 0.407 e. The van der Waals surface area contributed by atoms with E-state index >= 15 is 0 Å². The fraction of sp³-hybridized carbons (Fsp3) is 0.350. The molecule has 0 aliphatic carbocycles. The van der Waals surface area contributed by atoms with Gasteiger partial charge in [0.2, 0.25) is 0 Å². The van der Waals surface area contributed by atoms with Crippen molar-refractivity contribution < 1.29 is 9.53 Å². The van der Waals surface area contributed by atoms with Gasteiger partial charge in [0.05, 0.1) is 0 Å². The van der Waals surface area contributed by atoms with Crippen LogP contribution in [0.25, 0.3) is 0 Å². The lowest BCUT2D eigenvalue weighted by Crippen LogP contribution is -2.44. The van der Waals surface area contributed by atoms with Gasteiger partial charge in [0, 0.05) is 31.4 Å². The van der Waals surface area contributed by atoms with Gasteiger partial charge in [0.1, 0.15) is 6.61 Å². The molecule has 3 rings (SSSR count). The molecule has 1 aliphatic rings. The molecule has 1 aliphatic heterocycles. The second kappa shape index (κ2) is 8.53. The SMILES string of the molecule is Nc1ccc(CN2CCC(NC(=O)OCc3ccccc3)CC2)cc1. The molecule has 5 heteroatoms. The molecule has 1 saturated heterocycles. The number of likely N-dealkylation sites (tertiary alicyclic amines) is 1. The van der Waals surface area contributed by atoms with Crippen molar-refractivity contribution in [2.75, 3.05) is 18.8 Å². The standard InChI is InChI=1S/C20H25N3O2/c21-18-8-6-16(7-9-18)14-23-12-10-19(11-13-23)22-20(24)25-15-17-4-2-1-3-5-17/h1-9,19H,10-15,21H2,(H,22,24). The number of anilines is 1. The van der Waals surface area contributed by atoms with E-state index in [0.29, 0.717) is 6.61 Å². The van der Waals surface area contributed by atoms with Gasteiger partial charge in [-0.2, -0.15) is 0 Å². The number of nitrogens with one attached hydrogen (secondary N) is 1. The van der Waals surface area contributed by atoms with Gasteiger partial charge in [-0.15, -0.1) is 0 Å². The summed E-state index contributed by atoms with van der Waals surface area (Å²) in [6.07, 6.45) is 1.55. The molecule has 0 unspecified atom stereocenters. The van der Waals surface area contributed by atoms with Gasteiger partial charge < -0.3 is 15.8 Å². The number of benzene rings is 2. The van der Waals surface area contributed by atoms with Crippen LogP contribution in [0.15, 0.2) is 54.6 Å². The number of nitrogen functional groups attached to an aromatic ring is 1. The van der Waals surface area contributed by atoms with Crippen molar-refractivity contribution in [1.82, 2.24) is 10.2 Å². The molecule has 2 aromatic carbocycles. The molecule has 25 heavy (non-hydrogen) atoms. The molecule has 1 fully saturated rings. The summed E-state index contributed by atoms with van der Waals surface area (Å²) in [5, 5.41) is 2.98. The molecule has 0 atom stereocenters. The number of rotatable bonds is 5.